The van der Waals surface area contributed by atoms with E-state index in [2.05, 4.69) is 5.32 Å². The number of esters is 1. The molecule has 1 rings (SSSR count). The van der Waals surface area contributed by atoms with Gasteiger partial charge in [0.2, 0.25) is 5.91 Å². The van der Waals surface area contributed by atoms with Gasteiger partial charge in [-0.05, 0) is 25.3 Å². The summed E-state index contributed by atoms with van der Waals surface area (Å²) in [5.41, 5.74) is 7.02. The van der Waals surface area contributed by atoms with Crippen molar-refractivity contribution < 1.29 is 14.3 Å². The number of carbonyl (C=O) groups is 2. The molecule has 0 spiro atoms. The average molecular weight is 284 g/mol. The maximum atomic E-state index is 12.0. The molecule has 0 unspecified atom stereocenters. The Morgan fingerprint density at radius 1 is 1.32 bits per heavy atom. The van der Waals surface area contributed by atoms with Gasteiger partial charge in [-0.1, -0.05) is 13.8 Å². The minimum Gasteiger partial charge on any atom is -0.465 e. The van der Waals surface area contributed by atoms with Gasteiger partial charge in [-0.3, -0.25) is 4.79 Å². The van der Waals surface area contributed by atoms with Gasteiger partial charge in [0, 0.05) is 4.88 Å². The standard InChI is InChI=1S/C13H20N2O3S/c1-6(2)10(14)11(16)15-12-9(13(17)18-5)7(3)8(4)19-12/h6,10H,14H2,1-5H3,(H,15,16)/t10-/m1/s1. The molecule has 0 aliphatic rings. The highest BCUT2D eigenvalue weighted by molar-refractivity contribution is 7.16. The molecule has 0 fully saturated rings. The van der Waals surface area contributed by atoms with E-state index in [-0.39, 0.29) is 11.8 Å². The first-order valence-corrected chi connectivity index (χ1v) is 6.86. The molecule has 0 saturated carbocycles. The van der Waals surface area contributed by atoms with Crippen LogP contribution < -0.4 is 11.1 Å². The lowest BCUT2D eigenvalue weighted by Crippen LogP contribution is -2.39. The molecule has 6 heteroatoms. The van der Waals surface area contributed by atoms with Crippen molar-refractivity contribution in [1.29, 1.82) is 0 Å². The molecule has 1 heterocycles. The maximum absolute atomic E-state index is 12.0. The number of carbonyl (C=O) groups excluding carboxylic acids is 2. The van der Waals surface area contributed by atoms with E-state index in [1.54, 1.807) is 0 Å². The Hall–Kier alpha value is -1.40. The highest BCUT2D eigenvalue weighted by Crippen LogP contribution is 2.33. The molecule has 106 valence electrons. The molecule has 5 nitrogen and oxygen atoms in total. The number of nitrogens with one attached hydrogen (secondary N) is 1. The van der Waals surface area contributed by atoms with Crippen LogP contribution >= 0.6 is 11.3 Å². The van der Waals surface area contributed by atoms with Crippen LogP contribution in [0.3, 0.4) is 0 Å². The van der Waals surface area contributed by atoms with Gasteiger partial charge in [0.1, 0.15) is 5.00 Å². The van der Waals surface area contributed by atoms with Crippen LogP contribution in [-0.2, 0) is 9.53 Å². The van der Waals surface area contributed by atoms with Crippen LogP contribution in [0.2, 0.25) is 0 Å². The predicted octanol–water partition coefficient (Wildman–Crippen LogP) is 2.07. The number of nitrogens with two attached hydrogens (primary N) is 1. The summed E-state index contributed by atoms with van der Waals surface area (Å²) in [6, 6.07) is -0.604. The van der Waals surface area contributed by atoms with Crippen LogP contribution in [0.4, 0.5) is 5.00 Å². The van der Waals surface area contributed by atoms with Crippen molar-refractivity contribution in [2.45, 2.75) is 33.7 Å². The summed E-state index contributed by atoms with van der Waals surface area (Å²) >= 11 is 1.35. The van der Waals surface area contributed by atoms with Gasteiger partial charge in [-0.2, -0.15) is 0 Å². The Kier molecular flexibility index (Phi) is 5.08. The number of amides is 1. The lowest BCUT2D eigenvalue weighted by atomic mass is 10.0. The third kappa shape index (κ3) is 3.33. The summed E-state index contributed by atoms with van der Waals surface area (Å²) < 4.78 is 4.75. The molecular weight excluding hydrogens is 264 g/mol. The van der Waals surface area contributed by atoms with Gasteiger partial charge >= 0.3 is 5.97 Å². The Morgan fingerprint density at radius 3 is 2.37 bits per heavy atom. The van der Waals surface area contributed by atoms with Gasteiger partial charge in [-0.25, -0.2) is 4.79 Å². The molecule has 1 atom stereocenters. The zero-order chi connectivity index (χ0) is 14.7. The Bertz CT molecular complexity index is 494. The second-order valence-corrected chi connectivity index (χ2v) is 5.96. The molecular formula is C13H20N2O3S. The number of aryl methyl sites for hydroxylation is 1. The molecule has 1 aromatic heterocycles. The highest BCUT2D eigenvalue weighted by Gasteiger charge is 2.24. The zero-order valence-electron chi connectivity index (χ0n) is 11.9. The molecule has 0 aliphatic heterocycles. The molecule has 0 bridgehead atoms. The van der Waals surface area contributed by atoms with Crippen LogP contribution in [0.1, 0.15) is 34.6 Å². The van der Waals surface area contributed by atoms with Crippen molar-refractivity contribution in [1.82, 2.24) is 0 Å². The van der Waals surface area contributed by atoms with Crippen LogP contribution in [0, 0.1) is 19.8 Å². The van der Waals surface area contributed by atoms with E-state index in [9.17, 15) is 9.59 Å². The number of hydrogen-bond donors (Lipinski definition) is 2. The largest absolute Gasteiger partial charge is 0.465 e. The van der Waals surface area contributed by atoms with Crippen molar-refractivity contribution >= 4 is 28.2 Å². The van der Waals surface area contributed by atoms with Gasteiger partial charge < -0.3 is 15.8 Å². The van der Waals surface area contributed by atoms with E-state index in [0.717, 1.165) is 10.4 Å². The van der Waals surface area contributed by atoms with E-state index in [0.29, 0.717) is 10.6 Å². The quantitative estimate of drug-likeness (QED) is 0.829. The van der Waals surface area contributed by atoms with Crippen LogP contribution in [0.15, 0.2) is 0 Å². The molecule has 19 heavy (non-hydrogen) atoms. The first-order chi connectivity index (χ1) is 8.79. The van der Waals surface area contributed by atoms with Gasteiger partial charge in [0.05, 0.1) is 18.7 Å². The highest BCUT2D eigenvalue weighted by atomic mass is 32.1. The third-order valence-corrected chi connectivity index (χ3v) is 4.16. The SMILES string of the molecule is COC(=O)c1c(NC(=O)[C@H](N)C(C)C)sc(C)c1C. The van der Waals surface area contributed by atoms with Crippen molar-refractivity contribution in [3.63, 3.8) is 0 Å². The van der Waals surface area contributed by atoms with Crippen molar-refractivity contribution in [2.75, 3.05) is 12.4 Å². The molecule has 1 aromatic rings. The molecule has 0 radical (unpaired) electrons. The summed E-state index contributed by atoms with van der Waals surface area (Å²) in [5, 5.41) is 3.23. The first-order valence-electron chi connectivity index (χ1n) is 6.04. The average Bonchev–Trinajstić information content (AvgIpc) is 2.62. The normalized spacial score (nSPS) is 12.4. The van der Waals surface area contributed by atoms with Gasteiger partial charge in [-0.15, -0.1) is 11.3 Å². The summed E-state index contributed by atoms with van der Waals surface area (Å²) in [5.74, 6) is -0.708. The van der Waals surface area contributed by atoms with Crippen molar-refractivity contribution in [3.8, 4) is 0 Å². The lowest BCUT2D eigenvalue weighted by Gasteiger charge is -2.15. The zero-order valence-corrected chi connectivity index (χ0v) is 12.7. The summed E-state index contributed by atoms with van der Waals surface area (Å²) in [6.07, 6.45) is 0. The van der Waals surface area contributed by atoms with Crippen LogP contribution in [0.5, 0.6) is 0 Å². The summed E-state index contributed by atoms with van der Waals surface area (Å²) in [7, 11) is 1.32. The molecule has 3 N–H and O–H groups in total. The summed E-state index contributed by atoms with van der Waals surface area (Å²) in [4.78, 5) is 24.7. The molecule has 0 aromatic carbocycles. The number of methoxy groups -OCH3 is 1. The minimum atomic E-state index is -0.604. The second kappa shape index (κ2) is 6.16. The number of anilines is 1. The summed E-state index contributed by atoms with van der Waals surface area (Å²) in [6.45, 7) is 7.47. The number of thiophene rings is 1. The number of hydrogen-bond acceptors (Lipinski definition) is 5. The Balaban J connectivity index is 3.05. The van der Waals surface area contributed by atoms with Crippen LogP contribution in [-0.4, -0.2) is 25.0 Å². The maximum Gasteiger partial charge on any atom is 0.341 e. The monoisotopic (exact) mass is 284 g/mol. The molecule has 0 aliphatic carbocycles. The minimum absolute atomic E-state index is 0.0312. The predicted molar refractivity (Wildman–Crippen MR) is 76.6 cm³/mol. The Morgan fingerprint density at radius 2 is 1.89 bits per heavy atom. The Labute approximate surface area is 117 Å². The number of ether oxygens (including phenoxy) is 1. The van der Waals surface area contributed by atoms with Crippen molar-refractivity contribution in [3.05, 3.63) is 16.0 Å². The van der Waals surface area contributed by atoms with Gasteiger partial charge in [0.15, 0.2) is 0 Å². The van der Waals surface area contributed by atoms with E-state index >= 15 is 0 Å². The van der Waals surface area contributed by atoms with E-state index in [1.807, 2.05) is 27.7 Å². The number of rotatable bonds is 4. The van der Waals surface area contributed by atoms with E-state index in [1.165, 1.54) is 18.4 Å². The fourth-order valence-electron chi connectivity index (χ4n) is 1.56. The molecule has 0 saturated heterocycles. The van der Waals surface area contributed by atoms with Gasteiger partial charge in [0.25, 0.3) is 0 Å². The van der Waals surface area contributed by atoms with E-state index < -0.39 is 12.0 Å². The topological polar surface area (TPSA) is 81.4 Å². The first kappa shape index (κ1) is 15.7. The van der Waals surface area contributed by atoms with Crippen LogP contribution in [0.25, 0.3) is 0 Å². The third-order valence-electron chi connectivity index (χ3n) is 3.03. The van der Waals surface area contributed by atoms with E-state index in [4.69, 9.17) is 10.5 Å². The second-order valence-electron chi connectivity index (χ2n) is 4.74. The fraction of sp³-hybridized carbons (Fsp3) is 0.538. The van der Waals surface area contributed by atoms with Crippen molar-refractivity contribution in [2.24, 2.45) is 11.7 Å². The lowest BCUT2D eigenvalue weighted by molar-refractivity contribution is -0.118. The fourth-order valence-corrected chi connectivity index (χ4v) is 2.61. The smallest absolute Gasteiger partial charge is 0.341 e. The molecule has 1 amide bonds.